The number of carboxylic acid groups (broad SMARTS) is 1. The highest BCUT2D eigenvalue weighted by Gasteiger charge is 2.59. The molecule has 13 heteroatoms. The van der Waals surface area contributed by atoms with E-state index >= 15 is 0 Å². The number of rotatable bonds is 7. The highest BCUT2D eigenvalue weighted by Crippen LogP contribution is 2.37. The Balaban J connectivity index is 4.52. The molecule has 0 bridgehead atoms. The second-order valence-corrected chi connectivity index (χ2v) is 3.24. The number of aliphatic carboxylic acids is 1. The molecule has 120 valence electrons. The largest absolute Gasteiger partial charge is 0.475 e. The topological polar surface area (TPSA) is 55.8 Å². The van der Waals surface area contributed by atoms with E-state index in [0.29, 0.717) is 0 Å². The molecular formula is C7H5F9O4. The maximum Gasteiger partial charge on any atom is 0.456 e. The molecule has 0 rings (SSSR count). The molecule has 0 unspecified atom stereocenters. The fourth-order valence-electron chi connectivity index (χ4n) is 0.556. The lowest BCUT2D eigenvalue weighted by Crippen LogP contribution is -2.45. The third-order valence-electron chi connectivity index (χ3n) is 1.55. The first-order valence-electron chi connectivity index (χ1n) is 4.32. The smallest absolute Gasteiger partial charge is 0.456 e. The fraction of sp³-hybridized carbons (Fsp3) is 0.857. The number of halogens is 9. The summed E-state index contributed by atoms with van der Waals surface area (Å²) in [6.07, 6.45) is -16.2. The second-order valence-electron chi connectivity index (χ2n) is 3.24. The SMILES string of the molecule is O=C(O)C(F)(F)OCC(F)(F)OCC(F)(F)C(F)(F)F. The van der Waals surface area contributed by atoms with Crippen LogP contribution in [0.4, 0.5) is 39.5 Å². The summed E-state index contributed by atoms with van der Waals surface area (Å²) in [5.74, 6) is -8.61. The molecule has 1 N–H and O–H groups in total. The third kappa shape index (κ3) is 5.40. The van der Waals surface area contributed by atoms with Crippen LogP contribution in [0.5, 0.6) is 0 Å². The summed E-state index contributed by atoms with van der Waals surface area (Å²) in [5.41, 5.74) is 0. The van der Waals surface area contributed by atoms with Gasteiger partial charge in [-0.25, -0.2) is 4.79 Å². The summed E-state index contributed by atoms with van der Waals surface area (Å²) in [6, 6.07) is 0. The molecule has 4 nitrogen and oxygen atoms in total. The van der Waals surface area contributed by atoms with E-state index < -0.39 is 43.5 Å². The van der Waals surface area contributed by atoms with Crippen LogP contribution in [0.25, 0.3) is 0 Å². The van der Waals surface area contributed by atoms with Crippen molar-refractivity contribution in [3.05, 3.63) is 0 Å². The first-order valence-corrected chi connectivity index (χ1v) is 4.32. The van der Waals surface area contributed by atoms with E-state index in [2.05, 4.69) is 9.47 Å². The van der Waals surface area contributed by atoms with Gasteiger partial charge >= 0.3 is 30.3 Å². The monoisotopic (exact) mass is 324 g/mol. The summed E-state index contributed by atoms with van der Waals surface area (Å²) in [4.78, 5) is 9.76. The molecule has 0 aliphatic rings. The average Bonchev–Trinajstić information content (AvgIpc) is 2.23. The van der Waals surface area contributed by atoms with Gasteiger partial charge in [-0.3, -0.25) is 0 Å². The van der Waals surface area contributed by atoms with Crippen molar-refractivity contribution >= 4 is 5.97 Å². The third-order valence-corrected chi connectivity index (χ3v) is 1.55. The number of carboxylic acids is 1. The Kier molecular flexibility index (Phi) is 5.28. The maximum absolute atomic E-state index is 12.6. The fourth-order valence-corrected chi connectivity index (χ4v) is 0.556. The van der Waals surface area contributed by atoms with Crippen molar-refractivity contribution in [1.29, 1.82) is 0 Å². The molecular weight excluding hydrogens is 319 g/mol. The summed E-state index contributed by atoms with van der Waals surface area (Å²) < 4.78 is 114. The molecule has 0 aromatic rings. The predicted octanol–water partition coefficient (Wildman–Crippen LogP) is 2.49. The van der Waals surface area contributed by atoms with E-state index in [1.807, 2.05) is 0 Å². The summed E-state index contributed by atoms with van der Waals surface area (Å²) in [6.45, 7) is -5.40. The van der Waals surface area contributed by atoms with Crippen molar-refractivity contribution in [1.82, 2.24) is 0 Å². The molecule has 0 fully saturated rings. The van der Waals surface area contributed by atoms with Gasteiger partial charge in [-0.15, -0.1) is 0 Å². The van der Waals surface area contributed by atoms with Gasteiger partial charge in [0, 0.05) is 0 Å². The van der Waals surface area contributed by atoms with Crippen LogP contribution in [-0.2, 0) is 14.3 Å². The number of carbonyl (C=O) groups is 1. The minimum absolute atomic E-state index is 2.54. The molecule has 0 aliphatic carbocycles. The second kappa shape index (κ2) is 5.63. The lowest BCUT2D eigenvalue weighted by molar-refractivity contribution is -0.354. The first kappa shape index (κ1) is 18.8. The summed E-state index contributed by atoms with van der Waals surface area (Å²) in [5, 5.41) is 7.77. The van der Waals surface area contributed by atoms with Crippen LogP contribution in [-0.4, -0.2) is 48.6 Å². The normalized spacial score (nSPS) is 14.4. The van der Waals surface area contributed by atoms with E-state index in [9.17, 15) is 44.3 Å². The van der Waals surface area contributed by atoms with E-state index in [0.717, 1.165) is 0 Å². The van der Waals surface area contributed by atoms with Gasteiger partial charge < -0.3 is 14.6 Å². The Bertz CT molecular complexity index is 351. The van der Waals surface area contributed by atoms with Gasteiger partial charge in [0.05, 0.1) is 0 Å². The summed E-state index contributed by atoms with van der Waals surface area (Å²) in [7, 11) is 0. The van der Waals surface area contributed by atoms with Crippen molar-refractivity contribution < 1.29 is 58.9 Å². The van der Waals surface area contributed by atoms with Gasteiger partial charge in [-0.2, -0.15) is 39.5 Å². The minimum Gasteiger partial charge on any atom is -0.475 e. The Morgan fingerprint density at radius 1 is 0.850 bits per heavy atom. The molecule has 20 heavy (non-hydrogen) atoms. The highest BCUT2D eigenvalue weighted by molar-refractivity contribution is 5.73. The van der Waals surface area contributed by atoms with Gasteiger partial charge in [0.1, 0.15) is 13.2 Å². The van der Waals surface area contributed by atoms with Crippen LogP contribution in [0.2, 0.25) is 0 Å². The van der Waals surface area contributed by atoms with E-state index in [1.54, 1.807) is 0 Å². The predicted molar refractivity (Wildman–Crippen MR) is 40.4 cm³/mol. The van der Waals surface area contributed by atoms with Crippen molar-refractivity contribution in [3.63, 3.8) is 0 Å². The maximum atomic E-state index is 12.6. The Morgan fingerprint density at radius 2 is 1.30 bits per heavy atom. The molecule has 0 aromatic carbocycles. The highest BCUT2D eigenvalue weighted by atomic mass is 19.4. The van der Waals surface area contributed by atoms with E-state index in [4.69, 9.17) is 5.11 Å². The van der Waals surface area contributed by atoms with Crippen LogP contribution in [0.15, 0.2) is 0 Å². The molecule has 0 aromatic heterocycles. The molecule has 0 aliphatic heterocycles. The van der Waals surface area contributed by atoms with E-state index in [-0.39, 0.29) is 0 Å². The lowest BCUT2D eigenvalue weighted by atomic mass is 10.3. The zero-order valence-electron chi connectivity index (χ0n) is 8.99. The van der Waals surface area contributed by atoms with Gasteiger partial charge in [0.15, 0.2) is 0 Å². The van der Waals surface area contributed by atoms with E-state index in [1.165, 1.54) is 0 Å². The zero-order valence-corrected chi connectivity index (χ0v) is 8.99. The van der Waals surface area contributed by atoms with Crippen molar-refractivity contribution in [2.24, 2.45) is 0 Å². The molecule has 0 spiro atoms. The van der Waals surface area contributed by atoms with Crippen LogP contribution in [0, 0.1) is 0 Å². The molecule has 0 heterocycles. The molecule has 0 radical (unpaired) electrons. The molecule has 0 atom stereocenters. The minimum atomic E-state index is -6.19. The van der Waals surface area contributed by atoms with Crippen molar-refractivity contribution in [2.75, 3.05) is 13.2 Å². The molecule has 0 saturated carbocycles. The molecule has 0 saturated heterocycles. The van der Waals surface area contributed by atoms with Crippen LogP contribution < -0.4 is 0 Å². The Hall–Kier alpha value is -1.24. The van der Waals surface area contributed by atoms with Crippen LogP contribution in [0.3, 0.4) is 0 Å². The van der Waals surface area contributed by atoms with Gasteiger partial charge in [-0.1, -0.05) is 0 Å². The number of alkyl halides is 9. The lowest BCUT2D eigenvalue weighted by Gasteiger charge is -2.23. The van der Waals surface area contributed by atoms with Gasteiger partial charge in [0.25, 0.3) is 0 Å². The van der Waals surface area contributed by atoms with Gasteiger partial charge in [0.2, 0.25) is 0 Å². The number of ether oxygens (including phenoxy) is 2. The number of hydrogen-bond donors (Lipinski definition) is 1. The number of hydrogen-bond acceptors (Lipinski definition) is 3. The Morgan fingerprint density at radius 3 is 1.65 bits per heavy atom. The van der Waals surface area contributed by atoms with Gasteiger partial charge in [-0.05, 0) is 0 Å². The van der Waals surface area contributed by atoms with Crippen molar-refractivity contribution in [2.45, 2.75) is 24.3 Å². The first-order chi connectivity index (χ1) is 8.61. The van der Waals surface area contributed by atoms with Crippen LogP contribution >= 0.6 is 0 Å². The average molecular weight is 324 g/mol. The molecule has 0 amide bonds. The Labute approximate surface area is 104 Å². The summed E-state index contributed by atoms with van der Waals surface area (Å²) >= 11 is 0. The standard InChI is InChI=1S/C7H5F9O4/c8-4(9,7(14,15)16)1-19-5(10,11)2-20-6(12,13)3(17)18/h1-2H2,(H,17,18). The van der Waals surface area contributed by atoms with Crippen LogP contribution in [0.1, 0.15) is 0 Å². The zero-order chi connectivity index (χ0) is 16.4. The van der Waals surface area contributed by atoms with Crippen molar-refractivity contribution in [3.8, 4) is 0 Å². The quantitative estimate of drug-likeness (QED) is 0.731.